The molecule has 2 aromatic carbocycles. The van der Waals surface area contributed by atoms with Crippen molar-refractivity contribution < 1.29 is 14.3 Å². The standard InChI is InChI=1S/C22H26N2O3/c1-15(2)21(16-8-12-19(27-3)13-9-16)23-22(26)17-6-10-18(11-7-17)24-14-4-5-20(24)25/h6-13,15,21H,4-5,14H2,1-3H3,(H,23,26). The van der Waals surface area contributed by atoms with Crippen molar-refractivity contribution in [3.63, 3.8) is 0 Å². The molecule has 1 atom stereocenters. The summed E-state index contributed by atoms with van der Waals surface area (Å²) in [6.07, 6.45) is 1.49. The molecule has 0 radical (unpaired) electrons. The highest BCUT2D eigenvalue weighted by Gasteiger charge is 2.22. The van der Waals surface area contributed by atoms with Gasteiger partial charge in [0.2, 0.25) is 5.91 Å². The van der Waals surface area contributed by atoms with Gasteiger partial charge in [0.05, 0.1) is 13.2 Å². The molecule has 142 valence electrons. The molecule has 5 heteroatoms. The normalized spacial score (nSPS) is 15.1. The third-order valence-electron chi connectivity index (χ3n) is 4.94. The first kappa shape index (κ1) is 19.0. The van der Waals surface area contributed by atoms with Crippen LogP contribution in [0.3, 0.4) is 0 Å². The van der Waals surface area contributed by atoms with Crippen LogP contribution in [0.15, 0.2) is 48.5 Å². The molecule has 0 saturated carbocycles. The summed E-state index contributed by atoms with van der Waals surface area (Å²) in [7, 11) is 1.64. The number of ether oxygens (including phenoxy) is 1. The van der Waals surface area contributed by atoms with Crippen molar-refractivity contribution >= 4 is 17.5 Å². The Morgan fingerprint density at radius 3 is 2.26 bits per heavy atom. The van der Waals surface area contributed by atoms with E-state index >= 15 is 0 Å². The van der Waals surface area contributed by atoms with Crippen LogP contribution in [0, 0.1) is 5.92 Å². The number of hydrogen-bond acceptors (Lipinski definition) is 3. The van der Waals surface area contributed by atoms with Gasteiger partial charge < -0.3 is 15.0 Å². The van der Waals surface area contributed by atoms with E-state index in [1.54, 1.807) is 24.1 Å². The highest BCUT2D eigenvalue weighted by molar-refractivity contribution is 5.97. The predicted octanol–water partition coefficient (Wildman–Crippen LogP) is 3.95. The SMILES string of the molecule is COc1ccc(C(NC(=O)c2ccc(N3CCCC3=O)cc2)C(C)C)cc1. The van der Waals surface area contributed by atoms with E-state index < -0.39 is 0 Å². The molecule has 1 saturated heterocycles. The molecule has 27 heavy (non-hydrogen) atoms. The van der Waals surface area contributed by atoms with Gasteiger partial charge in [0.1, 0.15) is 5.75 Å². The number of nitrogens with one attached hydrogen (secondary N) is 1. The van der Waals surface area contributed by atoms with Gasteiger partial charge in [-0.25, -0.2) is 0 Å². The minimum atomic E-state index is -0.121. The van der Waals surface area contributed by atoms with E-state index in [4.69, 9.17) is 4.74 Å². The summed E-state index contributed by atoms with van der Waals surface area (Å²) in [6, 6.07) is 14.9. The molecule has 0 bridgehead atoms. The zero-order chi connectivity index (χ0) is 19.4. The molecule has 1 fully saturated rings. The summed E-state index contributed by atoms with van der Waals surface area (Å²) in [4.78, 5) is 26.4. The zero-order valence-electron chi connectivity index (χ0n) is 16.1. The van der Waals surface area contributed by atoms with Crippen LogP contribution in [0.5, 0.6) is 5.75 Å². The van der Waals surface area contributed by atoms with Crippen molar-refractivity contribution in [3.05, 3.63) is 59.7 Å². The molecule has 1 unspecified atom stereocenters. The maximum Gasteiger partial charge on any atom is 0.251 e. The van der Waals surface area contributed by atoms with E-state index in [2.05, 4.69) is 19.2 Å². The topological polar surface area (TPSA) is 58.6 Å². The van der Waals surface area contributed by atoms with E-state index in [0.29, 0.717) is 12.0 Å². The van der Waals surface area contributed by atoms with Crippen LogP contribution in [-0.4, -0.2) is 25.5 Å². The summed E-state index contributed by atoms with van der Waals surface area (Å²) in [5.41, 5.74) is 2.48. The molecule has 1 N–H and O–H groups in total. The first-order chi connectivity index (χ1) is 13.0. The van der Waals surface area contributed by atoms with Gasteiger partial charge in [0.25, 0.3) is 5.91 Å². The van der Waals surface area contributed by atoms with Crippen molar-refractivity contribution in [2.75, 3.05) is 18.6 Å². The van der Waals surface area contributed by atoms with Crippen molar-refractivity contribution in [3.8, 4) is 5.75 Å². The highest BCUT2D eigenvalue weighted by Crippen LogP contribution is 2.25. The summed E-state index contributed by atoms with van der Waals surface area (Å²) in [5, 5.41) is 3.12. The molecule has 0 spiro atoms. The molecule has 3 rings (SSSR count). The fraction of sp³-hybridized carbons (Fsp3) is 0.364. The second-order valence-corrected chi connectivity index (χ2v) is 7.16. The Hall–Kier alpha value is -2.82. The molecule has 0 aromatic heterocycles. The number of methoxy groups -OCH3 is 1. The van der Waals surface area contributed by atoms with Crippen LogP contribution in [0.4, 0.5) is 5.69 Å². The number of anilines is 1. The molecule has 1 heterocycles. The summed E-state index contributed by atoms with van der Waals surface area (Å²) >= 11 is 0. The largest absolute Gasteiger partial charge is 0.497 e. The van der Waals surface area contributed by atoms with Crippen molar-refractivity contribution in [2.45, 2.75) is 32.7 Å². The molecule has 2 aromatic rings. The first-order valence-electron chi connectivity index (χ1n) is 9.35. The van der Waals surface area contributed by atoms with Gasteiger partial charge in [-0.15, -0.1) is 0 Å². The molecule has 2 amide bonds. The summed E-state index contributed by atoms with van der Waals surface area (Å²) < 4.78 is 5.21. The third-order valence-corrected chi connectivity index (χ3v) is 4.94. The fourth-order valence-electron chi connectivity index (χ4n) is 3.38. The molecular weight excluding hydrogens is 340 g/mol. The Bertz CT molecular complexity index is 797. The quantitative estimate of drug-likeness (QED) is 0.842. The lowest BCUT2D eigenvalue weighted by Gasteiger charge is -2.23. The third kappa shape index (κ3) is 4.30. The Morgan fingerprint density at radius 2 is 1.74 bits per heavy atom. The van der Waals surface area contributed by atoms with Crippen LogP contribution in [0.2, 0.25) is 0 Å². The molecule has 1 aliphatic heterocycles. The molecule has 0 aliphatic carbocycles. The van der Waals surface area contributed by atoms with Crippen molar-refractivity contribution in [1.29, 1.82) is 0 Å². The highest BCUT2D eigenvalue weighted by atomic mass is 16.5. The van der Waals surface area contributed by atoms with Crippen LogP contribution >= 0.6 is 0 Å². The fourth-order valence-corrected chi connectivity index (χ4v) is 3.38. The second-order valence-electron chi connectivity index (χ2n) is 7.16. The number of carbonyl (C=O) groups excluding carboxylic acids is 2. The lowest BCUT2D eigenvalue weighted by atomic mass is 9.95. The smallest absolute Gasteiger partial charge is 0.251 e. The number of amides is 2. The van der Waals surface area contributed by atoms with Crippen LogP contribution < -0.4 is 15.0 Å². The minimum absolute atomic E-state index is 0.0942. The van der Waals surface area contributed by atoms with Gasteiger partial charge in [-0.3, -0.25) is 9.59 Å². The van der Waals surface area contributed by atoms with Crippen molar-refractivity contribution in [2.24, 2.45) is 5.92 Å². The van der Waals surface area contributed by atoms with Crippen molar-refractivity contribution in [1.82, 2.24) is 5.32 Å². The second kappa shape index (κ2) is 8.25. The maximum absolute atomic E-state index is 12.7. The van der Waals surface area contributed by atoms with E-state index in [1.807, 2.05) is 36.4 Å². The maximum atomic E-state index is 12.7. The van der Waals surface area contributed by atoms with Gasteiger partial charge in [0.15, 0.2) is 0 Å². The number of carbonyl (C=O) groups is 2. The Kier molecular flexibility index (Phi) is 5.79. The van der Waals surface area contributed by atoms with Crippen LogP contribution in [-0.2, 0) is 4.79 Å². The predicted molar refractivity (Wildman–Crippen MR) is 106 cm³/mol. The van der Waals surface area contributed by atoms with E-state index in [-0.39, 0.29) is 23.8 Å². The average molecular weight is 366 g/mol. The van der Waals surface area contributed by atoms with Crippen LogP contribution in [0.25, 0.3) is 0 Å². The minimum Gasteiger partial charge on any atom is -0.497 e. The average Bonchev–Trinajstić information content (AvgIpc) is 3.12. The van der Waals surface area contributed by atoms with Crippen LogP contribution in [0.1, 0.15) is 48.7 Å². The first-order valence-corrected chi connectivity index (χ1v) is 9.35. The molecule has 5 nitrogen and oxygen atoms in total. The lowest BCUT2D eigenvalue weighted by Crippen LogP contribution is -2.31. The monoisotopic (exact) mass is 366 g/mol. The lowest BCUT2D eigenvalue weighted by molar-refractivity contribution is -0.117. The Labute approximate surface area is 160 Å². The number of rotatable bonds is 6. The van der Waals surface area contributed by atoms with Gasteiger partial charge >= 0.3 is 0 Å². The Balaban J connectivity index is 1.72. The van der Waals surface area contributed by atoms with E-state index in [0.717, 1.165) is 30.0 Å². The van der Waals surface area contributed by atoms with Gasteiger partial charge in [-0.05, 0) is 54.3 Å². The molecular formula is C22H26N2O3. The number of nitrogens with zero attached hydrogens (tertiary/aromatic N) is 1. The summed E-state index contributed by atoms with van der Waals surface area (Å²) in [6.45, 7) is 4.91. The summed E-state index contributed by atoms with van der Waals surface area (Å²) in [5.74, 6) is 1.05. The Morgan fingerprint density at radius 1 is 1.07 bits per heavy atom. The van der Waals surface area contributed by atoms with Gasteiger partial charge in [-0.2, -0.15) is 0 Å². The van der Waals surface area contributed by atoms with Gasteiger partial charge in [-0.1, -0.05) is 26.0 Å². The van der Waals surface area contributed by atoms with E-state index in [9.17, 15) is 9.59 Å². The molecule has 1 aliphatic rings. The number of hydrogen-bond donors (Lipinski definition) is 1. The zero-order valence-corrected chi connectivity index (χ0v) is 16.1. The van der Waals surface area contributed by atoms with Gasteiger partial charge in [0, 0.05) is 24.2 Å². The van der Waals surface area contributed by atoms with E-state index in [1.165, 1.54) is 0 Å². The number of benzene rings is 2.